The zero-order chi connectivity index (χ0) is 22.9. The third-order valence-electron chi connectivity index (χ3n) is 6.50. The lowest BCUT2D eigenvalue weighted by Crippen LogP contribution is -2.37. The van der Waals surface area contributed by atoms with Gasteiger partial charge in [-0.05, 0) is 77.0 Å². The number of nitrogens with zero attached hydrogens (tertiary/aromatic N) is 3. The van der Waals surface area contributed by atoms with Crippen LogP contribution in [-0.4, -0.2) is 48.3 Å². The second kappa shape index (κ2) is 9.16. The fraction of sp³-hybridized carbons (Fsp3) is 0.615. The molecule has 1 unspecified atom stereocenters. The van der Waals surface area contributed by atoms with E-state index in [4.69, 9.17) is 14.5 Å². The number of amides is 1. The van der Waals surface area contributed by atoms with E-state index in [1.165, 1.54) is 24.8 Å². The predicted octanol–water partition coefficient (Wildman–Crippen LogP) is 5.87. The first-order chi connectivity index (χ1) is 15.3. The number of carbonyl (C=O) groups excluding carboxylic acids is 1. The van der Waals surface area contributed by atoms with Crippen molar-refractivity contribution < 1.29 is 14.3 Å². The van der Waals surface area contributed by atoms with Crippen LogP contribution in [0, 0.1) is 0 Å². The van der Waals surface area contributed by atoms with Gasteiger partial charge in [-0.1, -0.05) is 6.92 Å². The highest BCUT2D eigenvalue weighted by atomic mass is 16.6. The van der Waals surface area contributed by atoms with Crippen molar-refractivity contribution in [2.24, 2.45) is 0 Å². The first kappa shape index (κ1) is 22.7. The van der Waals surface area contributed by atoms with E-state index in [-0.39, 0.29) is 12.1 Å². The number of methoxy groups -OCH3 is 1. The van der Waals surface area contributed by atoms with Crippen LogP contribution in [-0.2, 0) is 11.2 Å². The molecule has 1 aromatic carbocycles. The lowest BCUT2D eigenvalue weighted by molar-refractivity contribution is 0.0224. The first-order valence-electron chi connectivity index (χ1n) is 12.1. The Balaban J connectivity index is 1.80. The third kappa shape index (κ3) is 4.64. The molecule has 1 amide bonds. The van der Waals surface area contributed by atoms with Crippen molar-refractivity contribution in [3.63, 3.8) is 0 Å². The molecule has 2 aliphatic rings. The molecule has 0 aliphatic carbocycles. The van der Waals surface area contributed by atoms with Crippen molar-refractivity contribution in [1.29, 1.82) is 0 Å². The van der Waals surface area contributed by atoms with E-state index in [9.17, 15) is 4.79 Å². The summed E-state index contributed by atoms with van der Waals surface area (Å²) in [5.74, 6) is 1.91. The van der Waals surface area contributed by atoms with Gasteiger partial charge >= 0.3 is 6.09 Å². The van der Waals surface area contributed by atoms with Crippen molar-refractivity contribution in [2.75, 3.05) is 31.6 Å². The maximum Gasteiger partial charge on any atom is 0.410 e. The molecule has 2 saturated heterocycles. The number of piperidine rings is 1. The van der Waals surface area contributed by atoms with Gasteiger partial charge in [0.2, 0.25) is 0 Å². The number of hydrogen-bond donors (Lipinski definition) is 0. The van der Waals surface area contributed by atoms with Crippen molar-refractivity contribution in [3.05, 3.63) is 29.3 Å². The minimum atomic E-state index is -0.506. The van der Waals surface area contributed by atoms with Crippen LogP contribution in [0.5, 0.6) is 5.75 Å². The topological polar surface area (TPSA) is 54.9 Å². The second-order valence-electron chi connectivity index (χ2n) is 9.99. The van der Waals surface area contributed by atoms with Gasteiger partial charge in [-0.3, -0.25) is 0 Å². The van der Waals surface area contributed by atoms with Crippen molar-refractivity contribution in [3.8, 4) is 5.75 Å². The number of pyridine rings is 1. The Morgan fingerprint density at radius 2 is 1.84 bits per heavy atom. The first-order valence-corrected chi connectivity index (χ1v) is 12.1. The number of anilines is 1. The zero-order valence-corrected chi connectivity index (χ0v) is 20.2. The molecule has 6 heteroatoms. The summed E-state index contributed by atoms with van der Waals surface area (Å²) in [7, 11) is 1.72. The highest BCUT2D eigenvalue weighted by Gasteiger charge is 2.36. The minimum absolute atomic E-state index is 0.00847. The molecular weight excluding hydrogens is 402 g/mol. The van der Waals surface area contributed by atoms with E-state index in [0.717, 1.165) is 66.9 Å². The molecule has 2 aliphatic heterocycles. The van der Waals surface area contributed by atoms with Crippen LogP contribution in [0.15, 0.2) is 18.2 Å². The summed E-state index contributed by atoms with van der Waals surface area (Å²) in [5.41, 5.74) is 2.77. The van der Waals surface area contributed by atoms with E-state index in [2.05, 4.69) is 30.0 Å². The highest BCUT2D eigenvalue weighted by Crippen LogP contribution is 2.40. The van der Waals surface area contributed by atoms with Gasteiger partial charge in [0.05, 0.1) is 18.7 Å². The normalized spacial score (nSPS) is 19.5. The fourth-order valence-corrected chi connectivity index (χ4v) is 4.96. The standard InChI is InChI=1S/C26H37N3O3/c1-6-18-15-19-16-20(22-11-10-14-29(22)25(30)32-26(2,3)4)24(28-12-8-7-9-13-28)27-21(19)17-23(18)31-5/h15-17,22H,6-14H2,1-5H3. The van der Waals surface area contributed by atoms with Crippen molar-refractivity contribution in [2.45, 2.75) is 77.9 Å². The smallest absolute Gasteiger partial charge is 0.410 e. The molecule has 0 radical (unpaired) electrons. The summed E-state index contributed by atoms with van der Waals surface area (Å²) in [5, 5.41) is 1.11. The molecule has 0 spiro atoms. The molecule has 3 heterocycles. The van der Waals surface area contributed by atoms with E-state index in [1.807, 2.05) is 25.7 Å². The van der Waals surface area contributed by atoms with Gasteiger partial charge < -0.3 is 19.3 Å². The minimum Gasteiger partial charge on any atom is -0.496 e. The van der Waals surface area contributed by atoms with Gasteiger partial charge in [0.1, 0.15) is 17.2 Å². The van der Waals surface area contributed by atoms with Crippen LogP contribution < -0.4 is 9.64 Å². The molecule has 0 bridgehead atoms. The number of benzene rings is 1. The molecule has 174 valence electrons. The Morgan fingerprint density at radius 1 is 1.09 bits per heavy atom. The third-order valence-corrected chi connectivity index (χ3v) is 6.50. The number of ether oxygens (including phenoxy) is 2. The summed E-state index contributed by atoms with van der Waals surface area (Å²) >= 11 is 0. The molecule has 1 atom stereocenters. The number of carbonyl (C=O) groups is 1. The molecule has 1 aromatic heterocycles. The van der Waals surface area contributed by atoms with E-state index >= 15 is 0 Å². The molecule has 2 fully saturated rings. The Bertz CT molecular complexity index is 976. The number of rotatable bonds is 4. The Kier molecular flexibility index (Phi) is 6.50. The Hall–Kier alpha value is -2.50. The summed E-state index contributed by atoms with van der Waals surface area (Å²) in [6, 6.07) is 6.51. The van der Waals surface area contributed by atoms with Crippen LogP contribution >= 0.6 is 0 Å². The largest absolute Gasteiger partial charge is 0.496 e. The van der Waals surface area contributed by atoms with Crippen LogP contribution in [0.2, 0.25) is 0 Å². The summed E-state index contributed by atoms with van der Waals surface area (Å²) in [6.45, 7) is 10.6. The zero-order valence-electron chi connectivity index (χ0n) is 20.2. The number of fused-ring (bicyclic) bond motifs is 1. The average Bonchev–Trinajstić information content (AvgIpc) is 3.26. The molecule has 0 saturated carbocycles. The van der Waals surface area contributed by atoms with Gasteiger partial charge in [-0.25, -0.2) is 9.78 Å². The van der Waals surface area contributed by atoms with Crippen molar-refractivity contribution >= 4 is 22.8 Å². The number of hydrogen-bond acceptors (Lipinski definition) is 5. The van der Waals surface area contributed by atoms with Crippen LogP contribution in [0.1, 0.15) is 77.0 Å². The fourth-order valence-electron chi connectivity index (χ4n) is 4.96. The van der Waals surface area contributed by atoms with Gasteiger partial charge in [0.15, 0.2) is 0 Å². The quantitative estimate of drug-likeness (QED) is 0.596. The molecule has 4 rings (SSSR count). The Labute approximate surface area is 191 Å². The Morgan fingerprint density at radius 3 is 2.50 bits per heavy atom. The molecule has 32 heavy (non-hydrogen) atoms. The van der Waals surface area contributed by atoms with Gasteiger partial charge in [-0.2, -0.15) is 0 Å². The van der Waals surface area contributed by atoms with Gasteiger partial charge in [0.25, 0.3) is 0 Å². The predicted molar refractivity (Wildman–Crippen MR) is 129 cm³/mol. The maximum absolute atomic E-state index is 13.0. The summed E-state index contributed by atoms with van der Waals surface area (Å²) in [6.07, 6.45) is 6.20. The lowest BCUT2D eigenvalue weighted by Gasteiger charge is -2.34. The molecule has 0 N–H and O–H groups in total. The summed E-state index contributed by atoms with van der Waals surface area (Å²) in [4.78, 5) is 22.5. The van der Waals surface area contributed by atoms with E-state index in [1.54, 1.807) is 7.11 Å². The van der Waals surface area contributed by atoms with Crippen LogP contribution in [0.4, 0.5) is 10.6 Å². The van der Waals surface area contributed by atoms with Crippen LogP contribution in [0.25, 0.3) is 10.9 Å². The van der Waals surface area contributed by atoms with Crippen molar-refractivity contribution in [1.82, 2.24) is 9.88 Å². The van der Waals surface area contributed by atoms with Gasteiger partial charge in [-0.15, -0.1) is 0 Å². The average molecular weight is 440 g/mol. The number of aromatic nitrogens is 1. The molecular formula is C26H37N3O3. The maximum atomic E-state index is 13.0. The number of aryl methyl sites for hydroxylation is 1. The van der Waals surface area contributed by atoms with E-state index < -0.39 is 5.60 Å². The summed E-state index contributed by atoms with van der Waals surface area (Å²) < 4.78 is 11.4. The SMILES string of the molecule is CCc1cc2cc(C3CCCN3C(=O)OC(C)(C)C)c(N3CCCCC3)nc2cc1OC. The molecule has 2 aromatic rings. The van der Waals surface area contributed by atoms with Gasteiger partial charge in [0, 0.05) is 36.7 Å². The molecule has 6 nitrogen and oxygen atoms in total. The monoisotopic (exact) mass is 439 g/mol. The van der Waals surface area contributed by atoms with E-state index in [0.29, 0.717) is 0 Å². The number of likely N-dealkylation sites (tertiary alicyclic amines) is 1. The highest BCUT2D eigenvalue weighted by molar-refractivity contribution is 5.85. The lowest BCUT2D eigenvalue weighted by atomic mass is 9.99. The second-order valence-corrected chi connectivity index (χ2v) is 9.99. The van der Waals surface area contributed by atoms with Crippen LogP contribution in [0.3, 0.4) is 0 Å².